The van der Waals surface area contributed by atoms with E-state index >= 15 is 0 Å². The lowest BCUT2D eigenvalue weighted by Crippen LogP contribution is -2.06. The van der Waals surface area contributed by atoms with Gasteiger partial charge in [0.05, 0.1) is 36.6 Å². The number of nitrogens with one attached hydrogen (secondary N) is 1. The number of aromatic nitrogens is 1. The van der Waals surface area contributed by atoms with Gasteiger partial charge in [-0.25, -0.2) is 9.78 Å². The molecule has 0 amide bonds. The van der Waals surface area contributed by atoms with Crippen LogP contribution in [0.15, 0.2) is 59.8 Å². The standard InChI is InChI=1S/C23H19ClF3N3O4/c1-32-20-9-15(11-29-30-21-18(24)10-17(12-28-21)23(25,26)27)5-8-19(20)34-13-14-3-6-16(7-4-14)22(31)33-2/h3-12H,13H2,1-2H3,(H,28,30)/b29-11+. The Bertz CT molecular complexity index is 1190. The Morgan fingerprint density at radius 3 is 2.47 bits per heavy atom. The highest BCUT2D eigenvalue weighted by molar-refractivity contribution is 6.33. The van der Waals surface area contributed by atoms with Gasteiger partial charge in [-0.2, -0.15) is 18.3 Å². The molecule has 0 bridgehead atoms. The number of carbonyl (C=O) groups excluding carboxylic acids is 1. The summed E-state index contributed by atoms with van der Waals surface area (Å²) in [5, 5.41) is 3.74. The molecule has 1 N–H and O–H groups in total. The summed E-state index contributed by atoms with van der Waals surface area (Å²) in [4.78, 5) is 15.2. The van der Waals surface area contributed by atoms with Crippen LogP contribution in [0, 0.1) is 0 Å². The number of benzene rings is 2. The molecule has 1 aromatic heterocycles. The van der Waals surface area contributed by atoms with Crippen LogP contribution in [0.2, 0.25) is 5.02 Å². The molecule has 3 aromatic rings. The Morgan fingerprint density at radius 2 is 1.85 bits per heavy atom. The van der Waals surface area contributed by atoms with Gasteiger partial charge in [0.1, 0.15) is 6.61 Å². The van der Waals surface area contributed by atoms with Crippen molar-refractivity contribution < 1.29 is 32.2 Å². The van der Waals surface area contributed by atoms with Crippen molar-refractivity contribution >= 4 is 29.6 Å². The Morgan fingerprint density at radius 1 is 1.12 bits per heavy atom. The fourth-order valence-corrected chi connectivity index (χ4v) is 2.95. The summed E-state index contributed by atoms with van der Waals surface area (Å²) in [5.74, 6) is 0.492. The van der Waals surface area contributed by atoms with Gasteiger partial charge in [-0.3, -0.25) is 5.43 Å². The second-order valence-corrected chi connectivity index (χ2v) is 7.22. The first-order valence-electron chi connectivity index (χ1n) is 9.71. The molecule has 0 aliphatic rings. The number of carbonyl (C=O) groups is 1. The molecule has 3 rings (SSSR count). The van der Waals surface area contributed by atoms with Gasteiger partial charge in [0.2, 0.25) is 0 Å². The fourth-order valence-electron chi connectivity index (χ4n) is 2.74. The number of rotatable bonds is 8. The van der Waals surface area contributed by atoms with E-state index in [1.165, 1.54) is 20.4 Å². The quantitative estimate of drug-likeness (QED) is 0.251. The maximum Gasteiger partial charge on any atom is 0.417 e. The fraction of sp³-hybridized carbons (Fsp3) is 0.174. The predicted molar refractivity (Wildman–Crippen MR) is 121 cm³/mol. The van der Waals surface area contributed by atoms with E-state index in [0.29, 0.717) is 28.8 Å². The number of nitrogens with zero attached hydrogens (tertiary/aromatic N) is 2. The molecule has 0 fully saturated rings. The predicted octanol–water partition coefficient (Wildman–Crippen LogP) is 5.57. The third-order valence-electron chi connectivity index (χ3n) is 4.51. The maximum atomic E-state index is 12.7. The van der Waals surface area contributed by atoms with E-state index in [9.17, 15) is 18.0 Å². The second kappa shape index (κ2) is 10.9. The van der Waals surface area contributed by atoms with E-state index in [0.717, 1.165) is 11.6 Å². The normalized spacial score (nSPS) is 11.4. The van der Waals surface area contributed by atoms with Crippen molar-refractivity contribution in [3.05, 3.63) is 82.0 Å². The summed E-state index contributed by atoms with van der Waals surface area (Å²) in [6, 6.07) is 12.6. The molecular formula is C23H19ClF3N3O4. The molecule has 1 heterocycles. The number of esters is 1. The summed E-state index contributed by atoms with van der Waals surface area (Å²) in [6.07, 6.45) is -2.44. The van der Waals surface area contributed by atoms with Gasteiger partial charge < -0.3 is 14.2 Å². The number of alkyl halides is 3. The average Bonchev–Trinajstić information content (AvgIpc) is 2.83. The smallest absolute Gasteiger partial charge is 0.417 e. The lowest BCUT2D eigenvalue weighted by Gasteiger charge is -2.12. The van der Waals surface area contributed by atoms with Crippen molar-refractivity contribution in [2.45, 2.75) is 12.8 Å². The third kappa shape index (κ3) is 6.38. The molecule has 34 heavy (non-hydrogen) atoms. The molecule has 0 unspecified atom stereocenters. The van der Waals surface area contributed by atoms with Gasteiger partial charge in [0, 0.05) is 6.20 Å². The lowest BCUT2D eigenvalue weighted by atomic mass is 10.1. The van der Waals surface area contributed by atoms with E-state index in [1.54, 1.807) is 42.5 Å². The first-order chi connectivity index (χ1) is 16.2. The lowest BCUT2D eigenvalue weighted by molar-refractivity contribution is -0.137. The van der Waals surface area contributed by atoms with Crippen LogP contribution in [0.25, 0.3) is 0 Å². The first-order valence-corrected chi connectivity index (χ1v) is 10.1. The Labute approximate surface area is 198 Å². The van der Waals surface area contributed by atoms with Crippen LogP contribution in [-0.2, 0) is 17.5 Å². The number of hydrazone groups is 1. The van der Waals surface area contributed by atoms with Gasteiger partial charge in [-0.1, -0.05) is 23.7 Å². The number of pyridine rings is 1. The van der Waals surface area contributed by atoms with E-state index in [2.05, 4.69) is 20.2 Å². The van der Waals surface area contributed by atoms with E-state index in [4.69, 9.17) is 21.1 Å². The number of hydrogen-bond acceptors (Lipinski definition) is 7. The molecule has 2 aromatic carbocycles. The zero-order chi connectivity index (χ0) is 24.7. The van der Waals surface area contributed by atoms with Crippen molar-refractivity contribution in [3.63, 3.8) is 0 Å². The zero-order valence-corrected chi connectivity index (χ0v) is 18.8. The largest absolute Gasteiger partial charge is 0.493 e. The van der Waals surface area contributed by atoms with Crippen molar-refractivity contribution in [1.29, 1.82) is 0 Å². The topological polar surface area (TPSA) is 82.0 Å². The van der Waals surface area contributed by atoms with Gasteiger partial charge in [0.25, 0.3) is 0 Å². The second-order valence-electron chi connectivity index (χ2n) is 6.81. The molecule has 7 nitrogen and oxygen atoms in total. The Kier molecular flexibility index (Phi) is 7.95. The summed E-state index contributed by atoms with van der Waals surface area (Å²) >= 11 is 5.84. The monoisotopic (exact) mass is 493 g/mol. The zero-order valence-electron chi connectivity index (χ0n) is 18.0. The van der Waals surface area contributed by atoms with Crippen LogP contribution in [0.3, 0.4) is 0 Å². The molecule has 0 atom stereocenters. The van der Waals surface area contributed by atoms with E-state index in [1.807, 2.05) is 0 Å². The maximum absolute atomic E-state index is 12.7. The van der Waals surface area contributed by atoms with Crippen LogP contribution < -0.4 is 14.9 Å². The van der Waals surface area contributed by atoms with Crippen LogP contribution in [0.5, 0.6) is 11.5 Å². The van der Waals surface area contributed by atoms with Crippen molar-refractivity contribution in [2.24, 2.45) is 5.10 Å². The van der Waals surface area contributed by atoms with Gasteiger partial charge in [-0.15, -0.1) is 0 Å². The van der Waals surface area contributed by atoms with Crippen molar-refractivity contribution in [1.82, 2.24) is 4.98 Å². The number of halogens is 4. The SMILES string of the molecule is COC(=O)c1ccc(COc2ccc(/C=N/Nc3ncc(C(F)(F)F)cc3Cl)cc2OC)cc1. The van der Waals surface area contributed by atoms with Crippen LogP contribution in [-0.4, -0.2) is 31.4 Å². The number of ether oxygens (including phenoxy) is 3. The summed E-state index contributed by atoms with van der Waals surface area (Å²) in [7, 11) is 2.80. The Hall–Kier alpha value is -3.79. The van der Waals surface area contributed by atoms with Crippen LogP contribution >= 0.6 is 11.6 Å². The van der Waals surface area contributed by atoms with E-state index in [-0.39, 0.29) is 17.4 Å². The molecule has 0 aliphatic heterocycles. The minimum atomic E-state index is -4.54. The minimum absolute atomic E-state index is 0.0175. The molecule has 0 spiro atoms. The van der Waals surface area contributed by atoms with Crippen LogP contribution in [0.4, 0.5) is 19.0 Å². The summed E-state index contributed by atoms with van der Waals surface area (Å²) in [5.41, 5.74) is 3.46. The molecule has 0 aliphatic carbocycles. The molecule has 0 saturated heterocycles. The summed E-state index contributed by atoms with van der Waals surface area (Å²) < 4.78 is 53.9. The van der Waals surface area contributed by atoms with E-state index < -0.39 is 17.7 Å². The highest BCUT2D eigenvalue weighted by Crippen LogP contribution is 2.32. The molecule has 178 valence electrons. The van der Waals surface area contributed by atoms with Gasteiger partial charge >= 0.3 is 12.1 Å². The van der Waals surface area contributed by atoms with Crippen molar-refractivity contribution in [3.8, 4) is 11.5 Å². The molecule has 11 heteroatoms. The minimum Gasteiger partial charge on any atom is -0.493 e. The van der Waals surface area contributed by atoms with Gasteiger partial charge in [-0.05, 0) is 47.5 Å². The van der Waals surface area contributed by atoms with Crippen molar-refractivity contribution in [2.75, 3.05) is 19.6 Å². The Balaban J connectivity index is 1.63. The summed E-state index contributed by atoms with van der Waals surface area (Å²) in [6.45, 7) is 0.241. The highest BCUT2D eigenvalue weighted by atomic mass is 35.5. The first kappa shape index (κ1) is 24.8. The number of anilines is 1. The number of methoxy groups -OCH3 is 2. The average molecular weight is 494 g/mol. The molecule has 0 radical (unpaired) electrons. The molecular weight excluding hydrogens is 475 g/mol. The number of hydrogen-bond donors (Lipinski definition) is 1. The third-order valence-corrected chi connectivity index (χ3v) is 4.80. The highest BCUT2D eigenvalue weighted by Gasteiger charge is 2.31. The molecule has 0 saturated carbocycles. The van der Waals surface area contributed by atoms with Gasteiger partial charge in [0.15, 0.2) is 17.3 Å². The van der Waals surface area contributed by atoms with Crippen LogP contribution in [0.1, 0.15) is 27.0 Å².